The highest BCUT2D eigenvalue weighted by molar-refractivity contribution is 5.80. The molecule has 1 fully saturated rings. The fourth-order valence-corrected chi connectivity index (χ4v) is 1.30. The minimum absolute atomic E-state index is 0.0333. The number of carbonyl (C=O) groups is 1. The molecule has 1 heterocycles. The number of amides is 1. The van der Waals surface area contributed by atoms with Crippen LogP contribution in [-0.4, -0.2) is 48.3 Å². The number of hydrogen-bond donors (Lipinski definition) is 1. The zero-order valence-electron chi connectivity index (χ0n) is 7.49. The molecule has 0 aromatic heterocycles. The zero-order valence-corrected chi connectivity index (χ0v) is 7.49. The molecule has 12 heavy (non-hydrogen) atoms. The van der Waals surface area contributed by atoms with Gasteiger partial charge in [0.1, 0.15) is 6.10 Å². The normalized spacial score (nSPS) is 25.9. The van der Waals surface area contributed by atoms with Gasteiger partial charge in [0.2, 0.25) is 0 Å². The molecule has 1 saturated heterocycles. The van der Waals surface area contributed by atoms with Crippen molar-refractivity contribution in [2.75, 3.05) is 20.2 Å². The summed E-state index contributed by atoms with van der Waals surface area (Å²) in [6, 6.07) is 0. The highest BCUT2D eigenvalue weighted by Gasteiger charge is 2.27. The fourth-order valence-electron chi connectivity index (χ4n) is 1.30. The van der Waals surface area contributed by atoms with Gasteiger partial charge in [0, 0.05) is 20.2 Å². The van der Waals surface area contributed by atoms with Crippen molar-refractivity contribution in [3.63, 3.8) is 0 Å². The van der Waals surface area contributed by atoms with Crippen molar-refractivity contribution in [3.8, 4) is 0 Å². The Morgan fingerprint density at radius 1 is 1.75 bits per heavy atom. The lowest BCUT2D eigenvalue weighted by atomic mass is 10.3. The van der Waals surface area contributed by atoms with E-state index >= 15 is 0 Å². The van der Waals surface area contributed by atoms with Crippen LogP contribution in [0.4, 0.5) is 0 Å². The summed E-state index contributed by atoms with van der Waals surface area (Å²) in [7, 11) is 1.51. The van der Waals surface area contributed by atoms with Crippen LogP contribution in [0.5, 0.6) is 0 Å². The topological polar surface area (TPSA) is 49.8 Å². The second-order valence-corrected chi connectivity index (χ2v) is 3.10. The Balaban J connectivity index is 2.43. The van der Waals surface area contributed by atoms with E-state index in [-0.39, 0.29) is 12.0 Å². The Bertz CT molecular complexity index is 172. The van der Waals surface area contributed by atoms with Crippen molar-refractivity contribution in [2.24, 2.45) is 0 Å². The van der Waals surface area contributed by atoms with Crippen LogP contribution in [0.1, 0.15) is 13.3 Å². The molecule has 70 valence electrons. The quantitative estimate of drug-likeness (QED) is 0.619. The van der Waals surface area contributed by atoms with Crippen LogP contribution in [0.25, 0.3) is 0 Å². The molecule has 1 rings (SSSR count). The molecule has 1 aliphatic rings. The summed E-state index contributed by atoms with van der Waals surface area (Å²) in [6.45, 7) is 2.81. The summed E-state index contributed by atoms with van der Waals surface area (Å²) < 4.78 is 4.89. The molecule has 1 amide bonds. The molecular weight excluding hydrogens is 158 g/mol. The minimum Gasteiger partial charge on any atom is -0.391 e. The summed E-state index contributed by atoms with van der Waals surface area (Å²) in [4.78, 5) is 13.0. The van der Waals surface area contributed by atoms with Gasteiger partial charge >= 0.3 is 0 Å². The predicted octanol–water partition coefficient (Wildman–Crippen LogP) is -0.386. The summed E-state index contributed by atoms with van der Waals surface area (Å²) in [5, 5.41) is 9.17. The maximum absolute atomic E-state index is 11.4. The first-order valence-corrected chi connectivity index (χ1v) is 4.14. The number of nitrogens with zero attached hydrogens (tertiary/aromatic N) is 1. The number of aliphatic hydroxyl groups excluding tert-OH is 1. The number of aliphatic hydroxyl groups is 1. The molecule has 0 spiro atoms. The second-order valence-electron chi connectivity index (χ2n) is 3.10. The number of hydrogen-bond acceptors (Lipinski definition) is 3. The Hall–Kier alpha value is -0.610. The van der Waals surface area contributed by atoms with Crippen LogP contribution in [0, 0.1) is 0 Å². The van der Waals surface area contributed by atoms with Gasteiger partial charge in [-0.25, -0.2) is 0 Å². The van der Waals surface area contributed by atoms with Gasteiger partial charge in [-0.05, 0) is 13.3 Å². The van der Waals surface area contributed by atoms with Gasteiger partial charge in [-0.1, -0.05) is 0 Å². The SMILES string of the molecule is COC(C)C(=O)N1CCC(O)C1. The average molecular weight is 173 g/mol. The van der Waals surface area contributed by atoms with Crippen molar-refractivity contribution >= 4 is 5.91 Å². The molecule has 4 nitrogen and oxygen atoms in total. The molecule has 0 radical (unpaired) electrons. The Labute approximate surface area is 72.1 Å². The summed E-state index contributed by atoms with van der Waals surface area (Å²) in [6.07, 6.45) is -0.0596. The molecule has 1 aliphatic heterocycles. The first-order chi connectivity index (χ1) is 5.65. The van der Waals surface area contributed by atoms with Crippen molar-refractivity contribution in [2.45, 2.75) is 25.6 Å². The van der Waals surface area contributed by atoms with Crippen molar-refractivity contribution in [1.29, 1.82) is 0 Å². The first-order valence-electron chi connectivity index (χ1n) is 4.14. The van der Waals surface area contributed by atoms with Gasteiger partial charge in [0.15, 0.2) is 0 Å². The monoisotopic (exact) mass is 173 g/mol. The van der Waals surface area contributed by atoms with Crippen LogP contribution in [-0.2, 0) is 9.53 Å². The highest BCUT2D eigenvalue weighted by Crippen LogP contribution is 2.10. The van der Waals surface area contributed by atoms with Gasteiger partial charge in [0.25, 0.3) is 5.91 Å². The van der Waals surface area contributed by atoms with Crippen molar-refractivity contribution < 1.29 is 14.6 Å². The third-order valence-electron chi connectivity index (χ3n) is 2.18. The van der Waals surface area contributed by atoms with Crippen LogP contribution >= 0.6 is 0 Å². The number of ether oxygens (including phenoxy) is 1. The van der Waals surface area contributed by atoms with E-state index in [4.69, 9.17) is 9.84 Å². The lowest BCUT2D eigenvalue weighted by Crippen LogP contribution is -2.37. The van der Waals surface area contributed by atoms with E-state index in [2.05, 4.69) is 0 Å². The number of likely N-dealkylation sites (tertiary alicyclic amines) is 1. The molecule has 2 atom stereocenters. The maximum atomic E-state index is 11.4. The molecule has 0 aliphatic carbocycles. The standard InChI is InChI=1S/C8H15NO3/c1-6(12-2)8(11)9-4-3-7(10)5-9/h6-7,10H,3-5H2,1-2H3. The maximum Gasteiger partial charge on any atom is 0.251 e. The number of carbonyl (C=O) groups excluding carboxylic acids is 1. The zero-order chi connectivity index (χ0) is 9.14. The Morgan fingerprint density at radius 2 is 2.42 bits per heavy atom. The lowest BCUT2D eigenvalue weighted by molar-refractivity contribution is -0.140. The van der Waals surface area contributed by atoms with Gasteiger partial charge in [-0.2, -0.15) is 0 Å². The summed E-state index contributed by atoms with van der Waals surface area (Å²) in [5.74, 6) is -0.0333. The van der Waals surface area contributed by atoms with Crippen molar-refractivity contribution in [1.82, 2.24) is 4.90 Å². The van der Waals surface area contributed by atoms with Crippen LogP contribution in [0.2, 0.25) is 0 Å². The van der Waals surface area contributed by atoms with Crippen molar-refractivity contribution in [3.05, 3.63) is 0 Å². The second kappa shape index (κ2) is 3.87. The summed E-state index contributed by atoms with van der Waals surface area (Å²) in [5.41, 5.74) is 0. The lowest BCUT2D eigenvalue weighted by Gasteiger charge is -2.19. The van der Waals surface area contributed by atoms with Gasteiger partial charge in [-0.3, -0.25) is 4.79 Å². The van der Waals surface area contributed by atoms with Gasteiger partial charge in [0.05, 0.1) is 6.10 Å². The molecule has 0 aromatic rings. The fraction of sp³-hybridized carbons (Fsp3) is 0.875. The molecular formula is C8H15NO3. The van der Waals surface area contributed by atoms with E-state index in [1.54, 1.807) is 11.8 Å². The minimum atomic E-state index is -0.393. The Kier molecular flexibility index (Phi) is 3.05. The smallest absolute Gasteiger partial charge is 0.251 e. The molecule has 0 saturated carbocycles. The first kappa shape index (κ1) is 9.48. The predicted molar refractivity (Wildman–Crippen MR) is 43.7 cm³/mol. The Morgan fingerprint density at radius 3 is 2.83 bits per heavy atom. The molecule has 1 N–H and O–H groups in total. The molecule has 2 unspecified atom stereocenters. The molecule has 4 heteroatoms. The van der Waals surface area contributed by atoms with Crippen LogP contribution < -0.4 is 0 Å². The van der Waals surface area contributed by atoms with Crippen LogP contribution in [0.15, 0.2) is 0 Å². The third kappa shape index (κ3) is 1.95. The van der Waals surface area contributed by atoms with E-state index in [0.717, 1.165) is 0 Å². The highest BCUT2D eigenvalue weighted by atomic mass is 16.5. The van der Waals surface area contributed by atoms with E-state index in [0.29, 0.717) is 19.5 Å². The molecule has 0 aromatic carbocycles. The average Bonchev–Trinajstić information content (AvgIpc) is 2.49. The number of β-amino-alcohol motifs (C(OH)–C–C–N with tert-alkyl or cyclic N) is 1. The van der Waals surface area contributed by atoms with Crippen LogP contribution in [0.3, 0.4) is 0 Å². The van der Waals surface area contributed by atoms with E-state index in [1.807, 2.05) is 0 Å². The number of rotatable bonds is 2. The van der Waals surface area contributed by atoms with E-state index in [1.165, 1.54) is 7.11 Å². The molecule has 0 bridgehead atoms. The van der Waals surface area contributed by atoms with Gasteiger partial charge < -0.3 is 14.7 Å². The third-order valence-corrected chi connectivity index (χ3v) is 2.18. The van der Waals surface area contributed by atoms with E-state index in [9.17, 15) is 4.79 Å². The van der Waals surface area contributed by atoms with Gasteiger partial charge in [-0.15, -0.1) is 0 Å². The largest absolute Gasteiger partial charge is 0.391 e. The van der Waals surface area contributed by atoms with E-state index < -0.39 is 6.10 Å². The summed E-state index contributed by atoms with van der Waals surface area (Å²) >= 11 is 0. The number of methoxy groups -OCH3 is 1.